The first-order valence-corrected chi connectivity index (χ1v) is 13.2. The Morgan fingerprint density at radius 2 is 1.67 bits per heavy atom. The van der Waals surface area contributed by atoms with Crippen LogP contribution in [0, 0.1) is 17.0 Å². The van der Waals surface area contributed by atoms with Crippen LogP contribution in [0.3, 0.4) is 0 Å². The fraction of sp³-hybridized carbons (Fsp3) is 0.125. The van der Waals surface area contributed by atoms with Crippen molar-refractivity contribution in [3.63, 3.8) is 0 Å². The molecule has 10 nitrogen and oxygen atoms in total. The number of hydrogen-bond acceptors (Lipinski definition) is 8. The van der Waals surface area contributed by atoms with E-state index in [1.54, 1.807) is 65.2 Å². The van der Waals surface area contributed by atoms with Crippen LogP contribution in [0.1, 0.15) is 11.4 Å². The summed E-state index contributed by atoms with van der Waals surface area (Å²) in [6, 6.07) is 21.8. The van der Waals surface area contributed by atoms with Gasteiger partial charge in [-0.3, -0.25) is 14.4 Å². The van der Waals surface area contributed by atoms with Crippen LogP contribution < -0.4 is 4.31 Å². The van der Waals surface area contributed by atoms with Crippen LogP contribution in [0.25, 0.3) is 15.5 Å². The second-order valence-corrected chi connectivity index (χ2v) is 10.8. The van der Waals surface area contributed by atoms with E-state index in [4.69, 9.17) is 0 Å². The number of nitro benzene ring substituents is 1. The highest BCUT2D eigenvalue weighted by atomic mass is 32.2. The first kappa shape index (κ1) is 23.6. The highest BCUT2D eigenvalue weighted by molar-refractivity contribution is 7.92. The van der Waals surface area contributed by atoms with E-state index in [0.717, 1.165) is 11.1 Å². The third kappa shape index (κ3) is 4.55. The Bertz CT molecular complexity index is 1630. The number of nitro groups is 1. The number of fused-ring (bicyclic) bond motifs is 1. The number of aromatic nitrogens is 4. The molecular formula is C24H20N6O4S2. The first-order chi connectivity index (χ1) is 17.3. The molecule has 5 rings (SSSR count). The highest BCUT2D eigenvalue weighted by Crippen LogP contribution is 2.28. The van der Waals surface area contributed by atoms with Crippen molar-refractivity contribution in [3.05, 3.63) is 100 Å². The molecule has 0 bridgehead atoms. The summed E-state index contributed by atoms with van der Waals surface area (Å²) in [7, 11) is -3.82. The standard InChI is InChI=1S/C24H20N6O4S2/c1-17-7-13-21(14-8-17)36(33,34)28(19-5-3-2-4-6-19)16-15-22-25-26-24-29(22)27-23(35-24)18-9-11-20(12-10-18)30(31)32/h2-14H,15-16H2,1H3. The van der Waals surface area contributed by atoms with Gasteiger partial charge in [0.25, 0.3) is 15.7 Å². The lowest BCUT2D eigenvalue weighted by atomic mass is 10.2. The molecule has 12 heteroatoms. The number of para-hydroxylation sites is 1. The van der Waals surface area contributed by atoms with E-state index >= 15 is 0 Å². The van der Waals surface area contributed by atoms with Crippen LogP contribution in [-0.4, -0.2) is 39.7 Å². The van der Waals surface area contributed by atoms with E-state index in [1.165, 1.54) is 27.8 Å². The van der Waals surface area contributed by atoms with Gasteiger partial charge in [-0.15, -0.1) is 10.2 Å². The summed E-state index contributed by atoms with van der Waals surface area (Å²) in [6.07, 6.45) is 0.268. The molecule has 0 aliphatic carbocycles. The van der Waals surface area contributed by atoms with E-state index in [1.807, 2.05) is 13.0 Å². The summed E-state index contributed by atoms with van der Waals surface area (Å²) in [5.41, 5.74) is 2.23. The summed E-state index contributed by atoms with van der Waals surface area (Å²) >= 11 is 1.30. The maximum atomic E-state index is 13.6. The molecule has 2 heterocycles. The lowest BCUT2D eigenvalue weighted by Crippen LogP contribution is -2.33. The maximum absolute atomic E-state index is 13.6. The van der Waals surface area contributed by atoms with E-state index in [0.29, 0.717) is 21.5 Å². The molecule has 0 unspecified atom stereocenters. The Labute approximate surface area is 210 Å². The Morgan fingerprint density at radius 1 is 0.972 bits per heavy atom. The number of rotatable bonds is 8. The first-order valence-electron chi connectivity index (χ1n) is 10.9. The van der Waals surface area contributed by atoms with E-state index in [9.17, 15) is 18.5 Å². The van der Waals surface area contributed by atoms with Gasteiger partial charge in [-0.05, 0) is 43.3 Å². The minimum absolute atomic E-state index is 0.00164. The summed E-state index contributed by atoms with van der Waals surface area (Å²) in [6.45, 7) is 2.03. The van der Waals surface area contributed by atoms with Crippen molar-refractivity contribution in [2.45, 2.75) is 18.2 Å². The lowest BCUT2D eigenvalue weighted by molar-refractivity contribution is -0.384. The summed E-state index contributed by atoms with van der Waals surface area (Å²) in [5.74, 6) is 0.509. The molecule has 2 aromatic heterocycles. The van der Waals surface area contributed by atoms with Crippen molar-refractivity contribution in [1.29, 1.82) is 0 Å². The van der Waals surface area contributed by atoms with Gasteiger partial charge in [0, 0.05) is 30.7 Å². The van der Waals surface area contributed by atoms with Gasteiger partial charge in [0.1, 0.15) is 5.01 Å². The monoisotopic (exact) mass is 520 g/mol. The zero-order chi connectivity index (χ0) is 25.3. The van der Waals surface area contributed by atoms with E-state index < -0.39 is 14.9 Å². The molecule has 3 aromatic carbocycles. The predicted octanol–water partition coefficient (Wildman–Crippen LogP) is 4.51. The number of nitrogens with zero attached hydrogens (tertiary/aromatic N) is 6. The summed E-state index contributed by atoms with van der Waals surface area (Å²) in [4.78, 5) is 11.2. The van der Waals surface area contributed by atoms with Crippen LogP contribution in [0.15, 0.2) is 83.8 Å². The molecule has 0 atom stereocenters. The molecule has 0 N–H and O–H groups in total. The second kappa shape index (κ2) is 9.47. The normalized spacial score (nSPS) is 11.6. The zero-order valence-electron chi connectivity index (χ0n) is 19.1. The van der Waals surface area contributed by atoms with Gasteiger partial charge in [-0.2, -0.15) is 9.61 Å². The Balaban J connectivity index is 1.44. The molecule has 0 radical (unpaired) electrons. The topological polar surface area (TPSA) is 124 Å². The molecule has 0 saturated carbocycles. The van der Waals surface area contributed by atoms with Crippen molar-refractivity contribution in [1.82, 2.24) is 19.8 Å². The van der Waals surface area contributed by atoms with Crippen molar-refractivity contribution >= 4 is 37.7 Å². The molecule has 36 heavy (non-hydrogen) atoms. The molecule has 0 saturated heterocycles. The third-order valence-corrected chi connectivity index (χ3v) is 8.36. The number of hydrogen-bond donors (Lipinski definition) is 0. The minimum Gasteiger partial charge on any atom is -0.266 e. The highest BCUT2D eigenvalue weighted by Gasteiger charge is 2.26. The van der Waals surface area contributed by atoms with E-state index in [-0.39, 0.29) is 23.5 Å². The van der Waals surface area contributed by atoms with Gasteiger partial charge in [-0.25, -0.2) is 8.42 Å². The van der Waals surface area contributed by atoms with Gasteiger partial charge >= 0.3 is 0 Å². The van der Waals surface area contributed by atoms with Gasteiger partial charge in [0.05, 0.1) is 15.5 Å². The minimum atomic E-state index is -3.82. The fourth-order valence-electron chi connectivity index (χ4n) is 3.68. The van der Waals surface area contributed by atoms with Gasteiger partial charge in [0.2, 0.25) is 4.96 Å². The molecule has 0 aliphatic heterocycles. The van der Waals surface area contributed by atoms with Crippen LogP contribution in [0.4, 0.5) is 11.4 Å². The molecule has 5 aromatic rings. The average Bonchev–Trinajstić information content (AvgIpc) is 3.47. The fourth-order valence-corrected chi connectivity index (χ4v) is 6.01. The smallest absolute Gasteiger partial charge is 0.266 e. The molecule has 0 fully saturated rings. The Morgan fingerprint density at radius 3 is 2.33 bits per heavy atom. The summed E-state index contributed by atoms with van der Waals surface area (Å²) in [5, 5.41) is 24.5. The number of sulfonamides is 1. The largest absolute Gasteiger partial charge is 0.269 e. The summed E-state index contributed by atoms with van der Waals surface area (Å²) < 4.78 is 30.1. The van der Waals surface area contributed by atoms with Gasteiger partial charge in [-0.1, -0.05) is 47.2 Å². The van der Waals surface area contributed by atoms with Crippen LogP contribution in [0.5, 0.6) is 0 Å². The zero-order valence-corrected chi connectivity index (χ0v) is 20.7. The molecule has 0 aliphatic rings. The lowest BCUT2D eigenvalue weighted by Gasteiger charge is -2.24. The number of benzene rings is 3. The SMILES string of the molecule is Cc1ccc(S(=O)(=O)N(CCc2nnc3sc(-c4ccc([N+](=O)[O-])cc4)nn23)c2ccccc2)cc1. The second-order valence-electron chi connectivity index (χ2n) is 8.00. The molecule has 0 amide bonds. The molecule has 182 valence electrons. The average molecular weight is 521 g/mol. The molecule has 0 spiro atoms. The van der Waals surface area contributed by atoms with Crippen molar-refractivity contribution < 1.29 is 13.3 Å². The Hall–Kier alpha value is -4.16. The predicted molar refractivity (Wildman–Crippen MR) is 137 cm³/mol. The number of aryl methyl sites for hydroxylation is 1. The van der Waals surface area contributed by atoms with Gasteiger partial charge < -0.3 is 0 Å². The number of non-ortho nitro benzene ring substituents is 1. The number of anilines is 1. The molecular weight excluding hydrogens is 500 g/mol. The van der Waals surface area contributed by atoms with Crippen LogP contribution in [0.2, 0.25) is 0 Å². The van der Waals surface area contributed by atoms with E-state index in [2.05, 4.69) is 15.3 Å². The quantitative estimate of drug-likeness (QED) is 0.218. The van der Waals surface area contributed by atoms with Crippen molar-refractivity contribution in [3.8, 4) is 10.6 Å². The van der Waals surface area contributed by atoms with Crippen LogP contribution >= 0.6 is 11.3 Å². The van der Waals surface area contributed by atoms with Crippen molar-refractivity contribution in [2.75, 3.05) is 10.8 Å². The van der Waals surface area contributed by atoms with Gasteiger partial charge in [0.15, 0.2) is 5.82 Å². The Kier molecular flexibility index (Phi) is 6.20. The maximum Gasteiger partial charge on any atom is 0.269 e. The van der Waals surface area contributed by atoms with Crippen molar-refractivity contribution in [2.24, 2.45) is 0 Å². The third-order valence-electron chi connectivity index (χ3n) is 5.57. The van der Waals surface area contributed by atoms with Crippen LogP contribution in [-0.2, 0) is 16.4 Å².